The van der Waals surface area contributed by atoms with E-state index in [1.807, 2.05) is 0 Å². The number of para-hydroxylation sites is 1. The highest BCUT2D eigenvalue weighted by Gasteiger charge is 2.14. The fourth-order valence-electron chi connectivity index (χ4n) is 2.48. The number of hydrogen-bond donors (Lipinski definition) is 2. The third-order valence-corrected chi connectivity index (χ3v) is 3.63. The second kappa shape index (κ2) is 6.83. The lowest BCUT2D eigenvalue weighted by molar-refractivity contribution is 0.357. The molecule has 1 heterocycles. The maximum absolute atomic E-state index is 5.69. The van der Waals surface area contributed by atoms with Gasteiger partial charge in [0.05, 0.1) is 11.2 Å². The van der Waals surface area contributed by atoms with Crippen LogP contribution >= 0.6 is 0 Å². The Morgan fingerprint density at radius 1 is 1.35 bits per heavy atom. The number of hydrazine groups is 1. The van der Waals surface area contributed by atoms with E-state index in [1.54, 1.807) is 0 Å². The monoisotopic (exact) mass is 275 g/mol. The van der Waals surface area contributed by atoms with Crippen molar-refractivity contribution in [2.75, 3.05) is 20.6 Å². The van der Waals surface area contributed by atoms with Crippen molar-refractivity contribution in [2.45, 2.75) is 32.4 Å². The van der Waals surface area contributed by atoms with Gasteiger partial charge >= 0.3 is 0 Å². The van der Waals surface area contributed by atoms with Crippen LogP contribution in [0.5, 0.6) is 0 Å². The van der Waals surface area contributed by atoms with Crippen LogP contribution in [0, 0.1) is 0 Å². The predicted molar refractivity (Wildman–Crippen MR) is 83.4 cm³/mol. The van der Waals surface area contributed by atoms with E-state index in [2.05, 4.69) is 60.3 Å². The summed E-state index contributed by atoms with van der Waals surface area (Å²) in [7, 11) is 4.16. The third kappa shape index (κ3) is 3.36. The Balaban J connectivity index is 2.19. The number of aromatic nitrogens is 2. The summed E-state index contributed by atoms with van der Waals surface area (Å²) in [6, 6.07) is 8.65. The first-order valence-corrected chi connectivity index (χ1v) is 7.21. The van der Waals surface area contributed by atoms with Gasteiger partial charge in [-0.2, -0.15) is 5.10 Å². The summed E-state index contributed by atoms with van der Waals surface area (Å²) < 4.78 is 2.06. The van der Waals surface area contributed by atoms with Gasteiger partial charge in [0.2, 0.25) is 0 Å². The van der Waals surface area contributed by atoms with Gasteiger partial charge < -0.3 is 4.90 Å². The molecule has 5 nitrogen and oxygen atoms in total. The van der Waals surface area contributed by atoms with Crippen LogP contribution in [0.3, 0.4) is 0 Å². The number of aryl methyl sites for hydroxylation is 1. The zero-order valence-corrected chi connectivity index (χ0v) is 12.6. The number of benzene rings is 1. The molecule has 0 spiro atoms. The van der Waals surface area contributed by atoms with Gasteiger partial charge in [-0.25, -0.2) is 0 Å². The van der Waals surface area contributed by atoms with Gasteiger partial charge in [0.1, 0.15) is 0 Å². The molecule has 1 unspecified atom stereocenters. The Morgan fingerprint density at radius 2 is 2.10 bits per heavy atom. The number of hydrogen-bond acceptors (Lipinski definition) is 4. The van der Waals surface area contributed by atoms with E-state index >= 15 is 0 Å². The number of nitrogens with one attached hydrogen (secondary N) is 1. The lowest BCUT2D eigenvalue weighted by Crippen LogP contribution is -2.39. The summed E-state index contributed by atoms with van der Waals surface area (Å²) in [6.45, 7) is 4.02. The number of rotatable bonds is 7. The van der Waals surface area contributed by atoms with E-state index in [4.69, 9.17) is 10.9 Å². The average molecular weight is 275 g/mol. The molecule has 0 aliphatic carbocycles. The van der Waals surface area contributed by atoms with Crippen LogP contribution in [0.2, 0.25) is 0 Å². The molecular formula is C15H25N5. The molecule has 2 aromatic rings. The maximum atomic E-state index is 5.69. The smallest absolute Gasteiger partial charge is 0.0719 e. The molecule has 110 valence electrons. The zero-order valence-electron chi connectivity index (χ0n) is 12.6. The Labute approximate surface area is 120 Å². The van der Waals surface area contributed by atoms with Crippen molar-refractivity contribution in [1.29, 1.82) is 0 Å². The van der Waals surface area contributed by atoms with E-state index in [1.165, 1.54) is 10.9 Å². The molecule has 5 heteroatoms. The number of nitrogens with two attached hydrogens (primary N) is 1. The third-order valence-electron chi connectivity index (χ3n) is 3.63. The topological polar surface area (TPSA) is 59.1 Å². The summed E-state index contributed by atoms with van der Waals surface area (Å²) in [5.74, 6) is 5.69. The van der Waals surface area contributed by atoms with E-state index < -0.39 is 0 Å². The second-order valence-corrected chi connectivity index (χ2v) is 5.44. The van der Waals surface area contributed by atoms with Crippen molar-refractivity contribution in [3.8, 4) is 0 Å². The van der Waals surface area contributed by atoms with Gasteiger partial charge in [0.15, 0.2) is 0 Å². The van der Waals surface area contributed by atoms with E-state index in [-0.39, 0.29) is 6.04 Å². The molecule has 0 radical (unpaired) electrons. The van der Waals surface area contributed by atoms with Crippen molar-refractivity contribution < 1.29 is 0 Å². The lowest BCUT2D eigenvalue weighted by Gasteiger charge is -2.17. The van der Waals surface area contributed by atoms with Gasteiger partial charge in [0.25, 0.3) is 0 Å². The Bertz CT molecular complexity index is 546. The van der Waals surface area contributed by atoms with Crippen LogP contribution < -0.4 is 11.3 Å². The van der Waals surface area contributed by atoms with Crippen molar-refractivity contribution in [1.82, 2.24) is 20.1 Å². The molecule has 0 bridgehead atoms. The first-order chi connectivity index (χ1) is 9.65. The van der Waals surface area contributed by atoms with E-state index in [0.29, 0.717) is 0 Å². The summed E-state index contributed by atoms with van der Waals surface area (Å²) in [5, 5.41) is 5.97. The van der Waals surface area contributed by atoms with Crippen molar-refractivity contribution in [2.24, 2.45) is 5.84 Å². The van der Waals surface area contributed by atoms with Gasteiger partial charge in [-0.1, -0.05) is 18.2 Å². The van der Waals surface area contributed by atoms with Gasteiger partial charge in [-0.05, 0) is 40.1 Å². The fourth-order valence-corrected chi connectivity index (χ4v) is 2.48. The largest absolute Gasteiger partial charge is 0.309 e. The molecule has 20 heavy (non-hydrogen) atoms. The summed E-state index contributed by atoms with van der Waals surface area (Å²) in [4.78, 5) is 2.17. The molecule has 1 aromatic heterocycles. The standard InChI is InChI=1S/C15H25N5/c1-4-20-15-8-6-5-7-13(15)14(18-20)11-12(17-16)9-10-19(2)3/h5-8,12,17H,4,9-11,16H2,1-3H3. The highest BCUT2D eigenvalue weighted by molar-refractivity contribution is 5.82. The van der Waals surface area contributed by atoms with E-state index in [0.717, 1.165) is 31.6 Å². The first-order valence-electron chi connectivity index (χ1n) is 7.21. The fraction of sp³-hybridized carbons (Fsp3) is 0.533. The normalized spacial score (nSPS) is 13.2. The molecule has 2 rings (SSSR count). The van der Waals surface area contributed by atoms with Crippen LogP contribution in [0.4, 0.5) is 0 Å². The molecule has 0 aliphatic rings. The number of fused-ring (bicyclic) bond motifs is 1. The minimum Gasteiger partial charge on any atom is -0.309 e. The van der Waals surface area contributed by atoms with Crippen LogP contribution in [0.25, 0.3) is 10.9 Å². The molecule has 0 aliphatic heterocycles. The number of nitrogens with zero attached hydrogens (tertiary/aromatic N) is 3. The van der Waals surface area contributed by atoms with Crippen LogP contribution in [-0.4, -0.2) is 41.4 Å². The maximum Gasteiger partial charge on any atom is 0.0719 e. The molecular weight excluding hydrogens is 250 g/mol. The Morgan fingerprint density at radius 3 is 2.75 bits per heavy atom. The molecule has 1 atom stereocenters. The second-order valence-electron chi connectivity index (χ2n) is 5.44. The molecule has 0 fully saturated rings. The van der Waals surface area contributed by atoms with Gasteiger partial charge in [0, 0.05) is 24.4 Å². The molecule has 0 amide bonds. The van der Waals surface area contributed by atoms with Gasteiger partial charge in [-0.15, -0.1) is 0 Å². The minimum absolute atomic E-state index is 0.251. The molecule has 1 aromatic carbocycles. The van der Waals surface area contributed by atoms with Crippen LogP contribution in [-0.2, 0) is 13.0 Å². The molecule has 0 saturated carbocycles. The zero-order chi connectivity index (χ0) is 14.5. The quantitative estimate of drug-likeness (QED) is 0.592. The molecule has 3 N–H and O–H groups in total. The average Bonchev–Trinajstić information content (AvgIpc) is 2.81. The summed E-state index contributed by atoms with van der Waals surface area (Å²) >= 11 is 0. The Kier molecular flexibility index (Phi) is 5.11. The highest BCUT2D eigenvalue weighted by Crippen LogP contribution is 2.20. The van der Waals surface area contributed by atoms with Crippen molar-refractivity contribution in [3.63, 3.8) is 0 Å². The van der Waals surface area contributed by atoms with Crippen molar-refractivity contribution >= 4 is 10.9 Å². The summed E-state index contributed by atoms with van der Waals surface area (Å²) in [6.07, 6.45) is 1.87. The predicted octanol–water partition coefficient (Wildman–Crippen LogP) is 1.38. The highest BCUT2D eigenvalue weighted by atomic mass is 15.3. The van der Waals surface area contributed by atoms with Gasteiger partial charge in [-0.3, -0.25) is 16.0 Å². The minimum atomic E-state index is 0.251. The lowest BCUT2D eigenvalue weighted by atomic mass is 10.1. The van der Waals surface area contributed by atoms with Crippen LogP contribution in [0.15, 0.2) is 24.3 Å². The summed E-state index contributed by atoms with van der Waals surface area (Å²) in [5.41, 5.74) is 5.25. The SMILES string of the molecule is CCn1nc(CC(CCN(C)C)NN)c2ccccc21. The first kappa shape index (κ1) is 15.0. The van der Waals surface area contributed by atoms with Crippen LogP contribution in [0.1, 0.15) is 19.0 Å². The Hall–Kier alpha value is -1.43. The molecule has 0 saturated heterocycles. The van der Waals surface area contributed by atoms with E-state index in [9.17, 15) is 0 Å². The van der Waals surface area contributed by atoms with Crippen molar-refractivity contribution in [3.05, 3.63) is 30.0 Å².